The second-order valence-corrected chi connectivity index (χ2v) is 4.21. The molecule has 0 bridgehead atoms. The van der Waals surface area contributed by atoms with Crippen molar-refractivity contribution in [3.05, 3.63) is 48.0 Å². The Bertz CT molecular complexity index is 463. The monoisotopic (exact) mass is 245 g/mol. The van der Waals surface area contributed by atoms with Crippen molar-refractivity contribution >= 4 is 0 Å². The fourth-order valence-electron chi connectivity index (χ4n) is 2.03. The number of ether oxygens (including phenoxy) is 1. The van der Waals surface area contributed by atoms with E-state index < -0.39 is 0 Å². The zero-order valence-corrected chi connectivity index (χ0v) is 10.9. The van der Waals surface area contributed by atoms with Crippen molar-refractivity contribution in [2.45, 2.75) is 32.4 Å². The molecule has 1 heterocycles. The molecule has 0 aliphatic carbocycles. The van der Waals surface area contributed by atoms with Gasteiger partial charge in [-0.05, 0) is 18.4 Å². The summed E-state index contributed by atoms with van der Waals surface area (Å²) in [7, 11) is 1.71. The summed E-state index contributed by atoms with van der Waals surface area (Å²) in [6, 6.07) is 10.4. The third-order valence-electron chi connectivity index (χ3n) is 3.04. The average Bonchev–Trinajstić information content (AvgIpc) is 2.88. The molecule has 0 saturated carbocycles. The minimum atomic E-state index is 0.0308. The van der Waals surface area contributed by atoms with Crippen LogP contribution < -0.4 is 0 Å². The Labute approximate surface area is 108 Å². The molecule has 4 nitrogen and oxygen atoms in total. The topological polar surface area (TPSA) is 39.9 Å². The highest BCUT2D eigenvalue weighted by Crippen LogP contribution is 2.17. The van der Waals surface area contributed by atoms with Gasteiger partial charge in [0.05, 0.1) is 0 Å². The minimum Gasteiger partial charge on any atom is -0.373 e. The van der Waals surface area contributed by atoms with Gasteiger partial charge in [-0.25, -0.2) is 9.67 Å². The van der Waals surface area contributed by atoms with Gasteiger partial charge in [0.25, 0.3) is 0 Å². The van der Waals surface area contributed by atoms with Gasteiger partial charge < -0.3 is 4.74 Å². The molecular formula is C14H19N3O. The Balaban J connectivity index is 2.04. The van der Waals surface area contributed by atoms with E-state index in [2.05, 4.69) is 41.3 Å². The smallest absolute Gasteiger partial charge is 0.155 e. The Morgan fingerprint density at radius 3 is 2.72 bits per heavy atom. The molecule has 2 aromatic rings. The standard InChI is InChI=1S/C14H19N3O/c1-3-13(18-2)14-15-11-16-17(14)10-9-12-7-5-4-6-8-12/h4-8,11,13H,3,9-10H2,1-2H3. The second kappa shape index (κ2) is 6.31. The maximum Gasteiger partial charge on any atom is 0.155 e. The summed E-state index contributed by atoms with van der Waals surface area (Å²) in [4.78, 5) is 4.30. The fourth-order valence-corrected chi connectivity index (χ4v) is 2.03. The molecule has 1 unspecified atom stereocenters. The van der Waals surface area contributed by atoms with Crippen LogP contribution >= 0.6 is 0 Å². The molecule has 0 fully saturated rings. The summed E-state index contributed by atoms with van der Waals surface area (Å²) >= 11 is 0. The van der Waals surface area contributed by atoms with Gasteiger partial charge in [-0.1, -0.05) is 37.3 Å². The van der Waals surface area contributed by atoms with E-state index in [0.29, 0.717) is 0 Å². The van der Waals surface area contributed by atoms with Crippen molar-refractivity contribution < 1.29 is 4.74 Å². The third-order valence-corrected chi connectivity index (χ3v) is 3.04. The van der Waals surface area contributed by atoms with Crippen LogP contribution in [0.3, 0.4) is 0 Å². The number of nitrogens with zero attached hydrogens (tertiary/aromatic N) is 3. The third kappa shape index (κ3) is 2.96. The van der Waals surface area contributed by atoms with Crippen LogP contribution in [0.4, 0.5) is 0 Å². The first-order valence-corrected chi connectivity index (χ1v) is 6.29. The highest BCUT2D eigenvalue weighted by Gasteiger charge is 2.14. The van der Waals surface area contributed by atoms with Gasteiger partial charge in [0.2, 0.25) is 0 Å². The predicted molar refractivity (Wildman–Crippen MR) is 70.2 cm³/mol. The van der Waals surface area contributed by atoms with E-state index in [4.69, 9.17) is 4.74 Å². The lowest BCUT2D eigenvalue weighted by atomic mass is 10.1. The molecular weight excluding hydrogens is 226 g/mol. The number of methoxy groups -OCH3 is 1. The number of benzene rings is 1. The van der Waals surface area contributed by atoms with Crippen LogP contribution in [0.2, 0.25) is 0 Å². The van der Waals surface area contributed by atoms with Crippen LogP contribution in [-0.2, 0) is 17.7 Å². The van der Waals surface area contributed by atoms with Gasteiger partial charge >= 0.3 is 0 Å². The summed E-state index contributed by atoms with van der Waals surface area (Å²) in [6.07, 6.45) is 3.49. The summed E-state index contributed by atoms with van der Waals surface area (Å²) in [5.41, 5.74) is 1.31. The van der Waals surface area contributed by atoms with E-state index in [1.54, 1.807) is 13.4 Å². The lowest BCUT2D eigenvalue weighted by Gasteiger charge is -2.13. The lowest BCUT2D eigenvalue weighted by molar-refractivity contribution is 0.0883. The molecule has 96 valence electrons. The first kappa shape index (κ1) is 12.8. The van der Waals surface area contributed by atoms with Crippen LogP contribution in [0, 0.1) is 0 Å². The van der Waals surface area contributed by atoms with Crippen LogP contribution in [0.5, 0.6) is 0 Å². The van der Waals surface area contributed by atoms with E-state index in [1.165, 1.54) is 5.56 Å². The summed E-state index contributed by atoms with van der Waals surface area (Å²) < 4.78 is 7.35. The summed E-state index contributed by atoms with van der Waals surface area (Å²) in [5, 5.41) is 4.27. The molecule has 0 aliphatic heterocycles. The van der Waals surface area contributed by atoms with Gasteiger partial charge in [0.1, 0.15) is 12.4 Å². The van der Waals surface area contributed by atoms with Crippen LogP contribution in [0.25, 0.3) is 0 Å². The van der Waals surface area contributed by atoms with Crippen molar-refractivity contribution in [1.29, 1.82) is 0 Å². The van der Waals surface area contributed by atoms with Crippen LogP contribution in [-0.4, -0.2) is 21.9 Å². The second-order valence-electron chi connectivity index (χ2n) is 4.21. The van der Waals surface area contributed by atoms with Crippen LogP contribution in [0.15, 0.2) is 36.7 Å². The van der Waals surface area contributed by atoms with Gasteiger partial charge in [0, 0.05) is 13.7 Å². The van der Waals surface area contributed by atoms with Crippen molar-refractivity contribution in [1.82, 2.24) is 14.8 Å². The normalized spacial score (nSPS) is 12.6. The quantitative estimate of drug-likeness (QED) is 0.785. The van der Waals surface area contributed by atoms with Crippen molar-refractivity contribution in [2.24, 2.45) is 0 Å². The summed E-state index contributed by atoms with van der Waals surface area (Å²) in [5.74, 6) is 0.913. The lowest BCUT2D eigenvalue weighted by Crippen LogP contribution is -2.13. The fraction of sp³-hybridized carbons (Fsp3) is 0.429. The van der Waals surface area contributed by atoms with Gasteiger partial charge in [0.15, 0.2) is 5.82 Å². The van der Waals surface area contributed by atoms with Gasteiger partial charge in [-0.15, -0.1) is 0 Å². The average molecular weight is 245 g/mol. The van der Waals surface area contributed by atoms with Gasteiger partial charge in [-0.3, -0.25) is 0 Å². The molecule has 0 radical (unpaired) electrons. The predicted octanol–water partition coefficient (Wildman–Crippen LogP) is 2.62. The summed E-state index contributed by atoms with van der Waals surface area (Å²) in [6.45, 7) is 2.92. The number of rotatable bonds is 6. The zero-order valence-electron chi connectivity index (χ0n) is 10.9. The Morgan fingerprint density at radius 2 is 2.06 bits per heavy atom. The molecule has 4 heteroatoms. The molecule has 0 amide bonds. The molecule has 0 aliphatic rings. The van der Waals surface area contributed by atoms with E-state index in [9.17, 15) is 0 Å². The molecule has 0 spiro atoms. The molecule has 18 heavy (non-hydrogen) atoms. The van der Waals surface area contributed by atoms with E-state index in [-0.39, 0.29) is 6.10 Å². The molecule has 0 N–H and O–H groups in total. The molecule has 1 aromatic carbocycles. The SMILES string of the molecule is CCC(OC)c1ncnn1CCc1ccccc1. The molecule has 2 rings (SSSR count). The Morgan fingerprint density at radius 1 is 1.28 bits per heavy atom. The maximum absolute atomic E-state index is 5.41. The number of hydrogen-bond donors (Lipinski definition) is 0. The van der Waals surface area contributed by atoms with E-state index in [1.807, 2.05) is 10.7 Å². The van der Waals surface area contributed by atoms with Gasteiger partial charge in [-0.2, -0.15) is 5.10 Å². The number of hydrogen-bond acceptors (Lipinski definition) is 3. The minimum absolute atomic E-state index is 0.0308. The largest absolute Gasteiger partial charge is 0.373 e. The molecule has 1 atom stereocenters. The highest BCUT2D eigenvalue weighted by atomic mass is 16.5. The Hall–Kier alpha value is -1.68. The number of aromatic nitrogens is 3. The molecule has 1 aromatic heterocycles. The van der Waals surface area contributed by atoms with Crippen LogP contribution in [0.1, 0.15) is 30.8 Å². The first-order valence-electron chi connectivity index (χ1n) is 6.29. The van der Waals surface area contributed by atoms with E-state index in [0.717, 1.165) is 25.2 Å². The van der Waals surface area contributed by atoms with Crippen molar-refractivity contribution in [3.8, 4) is 0 Å². The van der Waals surface area contributed by atoms with Crippen molar-refractivity contribution in [2.75, 3.05) is 7.11 Å². The zero-order chi connectivity index (χ0) is 12.8. The Kier molecular flexibility index (Phi) is 4.47. The van der Waals surface area contributed by atoms with Crippen molar-refractivity contribution in [3.63, 3.8) is 0 Å². The maximum atomic E-state index is 5.41. The van der Waals surface area contributed by atoms with E-state index >= 15 is 0 Å². The first-order chi connectivity index (χ1) is 8.85. The highest BCUT2D eigenvalue weighted by molar-refractivity contribution is 5.14. The molecule has 0 saturated heterocycles. The number of aryl methyl sites for hydroxylation is 2.